The molecule has 32 heavy (non-hydrogen) atoms. The molecule has 172 valence electrons. The molecular formula is C24H32N4O4. The molecule has 1 fully saturated rings. The highest BCUT2D eigenvalue weighted by Crippen LogP contribution is 2.40. The Morgan fingerprint density at radius 1 is 1.19 bits per heavy atom. The molecule has 1 saturated heterocycles. The van der Waals surface area contributed by atoms with Gasteiger partial charge in [0.2, 0.25) is 0 Å². The number of rotatable bonds is 7. The van der Waals surface area contributed by atoms with Gasteiger partial charge in [-0.15, -0.1) is 0 Å². The highest BCUT2D eigenvalue weighted by atomic mass is 16.5. The maximum Gasteiger partial charge on any atom is 0.295 e. The van der Waals surface area contributed by atoms with Gasteiger partial charge in [-0.3, -0.25) is 14.3 Å². The molecule has 1 aliphatic heterocycles. The summed E-state index contributed by atoms with van der Waals surface area (Å²) in [7, 11) is 5.59. The summed E-state index contributed by atoms with van der Waals surface area (Å²) in [5, 5.41) is 15.6. The highest BCUT2D eigenvalue weighted by Gasteiger charge is 2.46. The van der Waals surface area contributed by atoms with Gasteiger partial charge in [0, 0.05) is 25.8 Å². The first-order chi connectivity index (χ1) is 15.0. The van der Waals surface area contributed by atoms with Gasteiger partial charge in [-0.1, -0.05) is 12.1 Å². The van der Waals surface area contributed by atoms with Crippen molar-refractivity contribution in [1.29, 1.82) is 0 Å². The lowest BCUT2D eigenvalue weighted by Gasteiger charge is -2.26. The number of amides is 1. The van der Waals surface area contributed by atoms with E-state index in [2.05, 4.69) is 5.10 Å². The maximum atomic E-state index is 13.1. The predicted molar refractivity (Wildman–Crippen MR) is 122 cm³/mol. The summed E-state index contributed by atoms with van der Waals surface area (Å²) in [6, 6.07) is 6.63. The Labute approximate surface area is 189 Å². The molecule has 1 atom stereocenters. The molecule has 0 bridgehead atoms. The minimum absolute atomic E-state index is 0.0307. The summed E-state index contributed by atoms with van der Waals surface area (Å²) in [6.45, 7) is 8.43. The van der Waals surface area contributed by atoms with E-state index in [1.165, 1.54) is 4.90 Å². The van der Waals surface area contributed by atoms with Gasteiger partial charge < -0.3 is 19.6 Å². The number of hydrogen-bond acceptors (Lipinski definition) is 6. The molecule has 2 aromatic rings. The van der Waals surface area contributed by atoms with Gasteiger partial charge in [0.1, 0.15) is 11.5 Å². The topological polar surface area (TPSA) is 87.9 Å². The lowest BCUT2D eigenvalue weighted by atomic mass is 9.94. The Morgan fingerprint density at radius 3 is 2.31 bits per heavy atom. The number of aromatic nitrogens is 2. The van der Waals surface area contributed by atoms with Crippen LogP contribution in [0.25, 0.3) is 5.76 Å². The monoisotopic (exact) mass is 440 g/mol. The first kappa shape index (κ1) is 23.5. The van der Waals surface area contributed by atoms with Crippen LogP contribution in [0.15, 0.2) is 29.8 Å². The largest absolute Gasteiger partial charge is 0.507 e. The Morgan fingerprint density at radius 2 is 1.81 bits per heavy atom. The molecule has 0 spiro atoms. The fraction of sp³-hybridized carbons (Fsp3) is 0.458. The lowest BCUT2D eigenvalue weighted by Crippen LogP contribution is -2.35. The molecule has 3 rings (SSSR count). The summed E-state index contributed by atoms with van der Waals surface area (Å²) in [6.07, 6.45) is 0.0307. The SMILES string of the molecule is Cc1nn(C)c(C)c1/C(O)=C1\C(=O)C(=O)N(CCN(C)C)[C@H]1c1ccc(OC(C)C)cc1. The number of nitrogens with zero attached hydrogens (tertiary/aromatic N) is 4. The number of carbonyl (C=O) groups excluding carboxylic acids is 2. The molecule has 1 amide bonds. The van der Waals surface area contributed by atoms with Gasteiger partial charge >= 0.3 is 0 Å². The van der Waals surface area contributed by atoms with Crippen molar-refractivity contribution in [1.82, 2.24) is 19.6 Å². The van der Waals surface area contributed by atoms with Crippen molar-refractivity contribution in [3.05, 3.63) is 52.4 Å². The molecule has 0 unspecified atom stereocenters. The van der Waals surface area contributed by atoms with Crippen LogP contribution in [0.5, 0.6) is 5.75 Å². The Kier molecular flexibility index (Phi) is 6.74. The lowest BCUT2D eigenvalue weighted by molar-refractivity contribution is -0.140. The smallest absolute Gasteiger partial charge is 0.295 e. The molecule has 1 aromatic heterocycles. The summed E-state index contributed by atoms with van der Waals surface area (Å²) in [5.74, 6) is -0.782. The number of ether oxygens (including phenoxy) is 1. The van der Waals surface area contributed by atoms with Gasteiger partial charge in [-0.05, 0) is 59.5 Å². The molecule has 1 N–H and O–H groups in total. The summed E-state index contributed by atoms with van der Waals surface area (Å²) in [5.41, 5.74) is 2.63. The second kappa shape index (κ2) is 9.16. The van der Waals surface area contributed by atoms with Crippen molar-refractivity contribution in [2.45, 2.75) is 39.8 Å². The van der Waals surface area contributed by atoms with E-state index < -0.39 is 17.7 Å². The number of likely N-dealkylation sites (tertiary alicyclic amines) is 1. The number of aryl methyl sites for hydroxylation is 2. The molecule has 1 aliphatic rings. The number of aliphatic hydroxyl groups excluding tert-OH is 1. The van der Waals surface area contributed by atoms with E-state index in [1.807, 2.05) is 64.0 Å². The summed E-state index contributed by atoms with van der Waals surface area (Å²) >= 11 is 0. The minimum atomic E-state index is -0.693. The molecule has 0 radical (unpaired) electrons. The minimum Gasteiger partial charge on any atom is -0.507 e. The zero-order chi connectivity index (χ0) is 23.7. The number of Topliss-reactive ketones (excluding diaryl/α,β-unsaturated/α-hetero) is 1. The average molecular weight is 441 g/mol. The first-order valence-electron chi connectivity index (χ1n) is 10.7. The Hall–Kier alpha value is -3.13. The van der Waals surface area contributed by atoms with Crippen molar-refractivity contribution in [2.24, 2.45) is 7.05 Å². The second-order valence-corrected chi connectivity index (χ2v) is 8.70. The van der Waals surface area contributed by atoms with Crippen LogP contribution < -0.4 is 4.74 Å². The van der Waals surface area contributed by atoms with Crippen LogP contribution in [0, 0.1) is 13.8 Å². The van der Waals surface area contributed by atoms with Crippen molar-refractivity contribution in [3.8, 4) is 5.75 Å². The van der Waals surface area contributed by atoms with Crippen molar-refractivity contribution in [2.75, 3.05) is 27.2 Å². The van der Waals surface area contributed by atoms with Crippen LogP contribution >= 0.6 is 0 Å². The number of ketones is 1. The average Bonchev–Trinajstić information content (AvgIpc) is 3.12. The van der Waals surface area contributed by atoms with E-state index in [1.54, 1.807) is 18.7 Å². The van der Waals surface area contributed by atoms with Crippen LogP contribution in [0.3, 0.4) is 0 Å². The van der Waals surface area contributed by atoms with Gasteiger partial charge in [0.25, 0.3) is 11.7 Å². The first-order valence-corrected chi connectivity index (χ1v) is 10.7. The number of benzene rings is 1. The number of likely N-dealkylation sites (N-methyl/N-ethyl adjacent to an activating group) is 1. The summed E-state index contributed by atoms with van der Waals surface area (Å²) < 4.78 is 7.38. The molecular weight excluding hydrogens is 408 g/mol. The van der Waals surface area contributed by atoms with Crippen LogP contribution in [-0.2, 0) is 16.6 Å². The fourth-order valence-corrected chi connectivity index (χ4v) is 4.02. The number of hydrogen-bond donors (Lipinski definition) is 1. The molecule has 2 heterocycles. The number of aliphatic hydroxyl groups is 1. The van der Waals surface area contributed by atoms with E-state index in [9.17, 15) is 14.7 Å². The second-order valence-electron chi connectivity index (χ2n) is 8.70. The molecule has 8 heteroatoms. The normalized spacial score (nSPS) is 18.3. The summed E-state index contributed by atoms with van der Waals surface area (Å²) in [4.78, 5) is 29.6. The van der Waals surface area contributed by atoms with E-state index in [4.69, 9.17) is 4.74 Å². The van der Waals surface area contributed by atoms with Crippen LogP contribution in [0.1, 0.15) is 42.4 Å². The van der Waals surface area contributed by atoms with E-state index in [-0.39, 0.29) is 17.4 Å². The van der Waals surface area contributed by atoms with Gasteiger partial charge in [-0.2, -0.15) is 5.10 Å². The number of carbonyl (C=O) groups is 2. The van der Waals surface area contributed by atoms with Crippen molar-refractivity contribution >= 4 is 17.4 Å². The zero-order valence-electron chi connectivity index (χ0n) is 19.8. The zero-order valence-corrected chi connectivity index (χ0v) is 19.8. The Bertz CT molecular complexity index is 1050. The predicted octanol–water partition coefficient (Wildman–Crippen LogP) is 2.81. The van der Waals surface area contributed by atoms with Gasteiger partial charge in [0.15, 0.2) is 0 Å². The van der Waals surface area contributed by atoms with Crippen molar-refractivity contribution in [3.63, 3.8) is 0 Å². The van der Waals surface area contributed by atoms with Crippen molar-refractivity contribution < 1.29 is 19.4 Å². The van der Waals surface area contributed by atoms with Crippen LogP contribution in [0.4, 0.5) is 0 Å². The highest BCUT2D eigenvalue weighted by molar-refractivity contribution is 6.46. The van der Waals surface area contributed by atoms with Crippen LogP contribution in [0.2, 0.25) is 0 Å². The molecule has 0 aliphatic carbocycles. The molecule has 1 aromatic carbocycles. The fourth-order valence-electron chi connectivity index (χ4n) is 4.02. The molecule has 8 nitrogen and oxygen atoms in total. The maximum absolute atomic E-state index is 13.1. The third-order valence-electron chi connectivity index (χ3n) is 5.64. The Balaban J connectivity index is 2.15. The van der Waals surface area contributed by atoms with E-state index in [0.717, 1.165) is 11.3 Å². The van der Waals surface area contributed by atoms with E-state index in [0.29, 0.717) is 30.1 Å². The van der Waals surface area contributed by atoms with Gasteiger partial charge in [0.05, 0.1) is 29.0 Å². The molecule has 0 saturated carbocycles. The van der Waals surface area contributed by atoms with E-state index >= 15 is 0 Å². The third kappa shape index (κ3) is 4.41. The quantitative estimate of drug-likeness (QED) is 0.405. The standard InChI is InChI=1S/C24H32N4O4/c1-14(2)32-18-10-8-17(9-11-18)21-20(22(29)19-15(3)25-27(7)16(19)4)23(30)24(31)28(21)13-12-26(5)6/h8-11,14,21,29H,12-13H2,1-7H3/b22-20+/t21-/m0/s1. The third-order valence-corrected chi connectivity index (χ3v) is 5.64. The van der Waals surface area contributed by atoms with Crippen LogP contribution in [-0.4, -0.2) is 69.7 Å². The van der Waals surface area contributed by atoms with Gasteiger partial charge in [-0.25, -0.2) is 0 Å².